The fraction of sp³-hybridized carbons (Fsp3) is 0.625. The molecule has 14 heavy (non-hydrogen) atoms. The van der Waals surface area contributed by atoms with Crippen LogP contribution in [0.2, 0.25) is 0 Å². The first-order valence-corrected chi connectivity index (χ1v) is 4.09. The van der Waals surface area contributed by atoms with Crippen molar-refractivity contribution in [2.45, 2.75) is 26.1 Å². The number of nitrogens with zero attached hydrogens (tertiary/aromatic N) is 2. The van der Waals surface area contributed by atoms with E-state index in [0.29, 0.717) is 5.56 Å². The first-order valence-electron chi connectivity index (χ1n) is 4.09. The van der Waals surface area contributed by atoms with Gasteiger partial charge in [0.25, 0.3) is 0 Å². The summed E-state index contributed by atoms with van der Waals surface area (Å²) in [4.78, 5) is 0. The minimum absolute atomic E-state index is 0.0546. The van der Waals surface area contributed by atoms with Crippen molar-refractivity contribution in [3.63, 3.8) is 0 Å². The molecule has 1 rings (SSSR count). The van der Waals surface area contributed by atoms with E-state index in [1.807, 2.05) is 0 Å². The van der Waals surface area contributed by atoms with E-state index in [4.69, 9.17) is 0 Å². The summed E-state index contributed by atoms with van der Waals surface area (Å²) in [6.45, 7) is 3.56. The van der Waals surface area contributed by atoms with E-state index in [1.165, 1.54) is 13.2 Å². The Bertz CT molecular complexity index is 317. The SMILES string of the molecule is CC(C)c1cnn(C)c1OC(F)(F)F. The summed E-state index contributed by atoms with van der Waals surface area (Å²) in [5.41, 5.74) is 0.449. The third kappa shape index (κ3) is 2.40. The van der Waals surface area contributed by atoms with Gasteiger partial charge in [0.2, 0.25) is 5.88 Å². The first kappa shape index (κ1) is 10.9. The van der Waals surface area contributed by atoms with Crippen molar-refractivity contribution in [2.24, 2.45) is 7.05 Å². The lowest BCUT2D eigenvalue weighted by atomic mass is 10.1. The molecule has 3 nitrogen and oxygen atoms in total. The Balaban J connectivity index is 3.00. The van der Waals surface area contributed by atoms with Crippen LogP contribution in [-0.4, -0.2) is 16.1 Å². The topological polar surface area (TPSA) is 27.1 Å². The molecule has 0 radical (unpaired) electrons. The molecular weight excluding hydrogens is 197 g/mol. The Morgan fingerprint density at radius 3 is 2.43 bits per heavy atom. The Hall–Kier alpha value is -1.20. The molecule has 0 spiro atoms. The van der Waals surface area contributed by atoms with Crippen LogP contribution in [0.3, 0.4) is 0 Å². The van der Waals surface area contributed by atoms with E-state index >= 15 is 0 Å². The quantitative estimate of drug-likeness (QED) is 0.746. The maximum Gasteiger partial charge on any atom is 0.574 e. The van der Waals surface area contributed by atoms with Crippen molar-refractivity contribution in [3.05, 3.63) is 11.8 Å². The highest BCUT2D eigenvalue weighted by Crippen LogP contribution is 2.30. The monoisotopic (exact) mass is 208 g/mol. The highest BCUT2D eigenvalue weighted by Gasteiger charge is 2.34. The molecular formula is C8H11F3N2O. The zero-order chi connectivity index (χ0) is 10.9. The minimum atomic E-state index is -4.67. The van der Waals surface area contributed by atoms with Gasteiger partial charge in [-0.15, -0.1) is 13.2 Å². The van der Waals surface area contributed by atoms with Gasteiger partial charge in [0.15, 0.2) is 0 Å². The van der Waals surface area contributed by atoms with Crippen LogP contribution in [0.25, 0.3) is 0 Å². The lowest BCUT2D eigenvalue weighted by Crippen LogP contribution is -2.20. The molecule has 6 heteroatoms. The van der Waals surface area contributed by atoms with Gasteiger partial charge in [-0.2, -0.15) is 5.10 Å². The molecule has 0 saturated heterocycles. The molecule has 0 unspecified atom stereocenters. The predicted molar refractivity (Wildman–Crippen MR) is 44.0 cm³/mol. The zero-order valence-corrected chi connectivity index (χ0v) is 8.09. The van der Waals surface area contributed by atoms with Crippen molar-refractivity contribution < 1.29 is 17.9 Å². The van der Waals surface area contributed by atoms with E-state index < -0.39 is 6.36 Å². The van der Waals surface area contributed by atoms with E-state index in [2.05, 4.69) is 9.84 Å². The van der Waals surface area contributed by atoms with Crippen molar-refractivity contribution in [1.82, 2.24) is 9.78 Å². The van der Waals surface area contributed by atoms with Crippen molar-refractivity contribution in [1.29, 1.82) is 0 Å². The summed E-state index contributed by atoms with van der Waals surface area (Å²) < 4.78 is 40.9. The second-order valence-electron chi connectivity index (χ2n) is 3.23. The second kappa shape index (κ2) is 3.51. The third-order valence-corrected chi connectivity index (χ3v) is 1.75. The van der Waals surface area contributed by atoms with Crippen molar-refractivity contribution in [3.8, 4) is 5.88 Å². The van der Waals surface area contributed by atoms with Crippen LogP contribution in [0.5, 0.6) is 5.88 Å². The highest BCUT2D eigenvalue weighted by molar-refractivity contribution is 5.27. The van der Waals surface area contributed by atoms with Gasteiger partial charge in [-0.25, -0.2) is 4.68 Å². The molecule has 0 fully saturated rings. The molecule has 1 aromatic heterocycles. The molecule has 0 aliphatic rings. The number of aromatic nitrogens is 2. The summed E-state index contributed by atoms with van der Waals surface area (Å²) in [7, 11) is 1.41. The van der Waals surface area contributed by atoms with Gasteiger partial charge in [0.05, 0.1) is 6.20 Å². The van der Waals surface area contributed by atoms with Crippen LogP contribution in [0, 0.1) is 0 Å². The number of hydrogen-bond donors (Lipinski definition) is 0. The molecule has 0 saturated carbocycles. The van der Waals surface area contributed by atoms with Crippen LogP contribution >= 0.6 is 0 Å². The molecule has 0 bridgehead atoms. The number of aryl methyl sites for hydroxylation is 1. The standard InChI is InChI=1S/C8H11F3N2O/c1-5(2)6-4-12-13(3)7(6)14-8(9,10)11/h4-5H,1-3H3. The third-order valence-electron chi connectivity index (χ3n) is 1.75. The Morgan fingerprint density at radius 1 is 1.43 bits per heavy atom. The number of halogens is 3. The Kier molecular flexibility index (Phi) is 2.73. The molecule has 0 N–H and O–H groups in total. The maximum atomic E-state index is 12.0. The molecule has 0 aromatic carbocycles. The summed E-state index contributed by atoms with van der Waals surface area (Å²) >= 11 is 0. The fourth-order valence-corrected chi connectivity index (χ4v) is 1.07. The van der Waals surface area contributed by atoms with Crippen LogP contribution in [-0.2, 0) is 7.05 Å². The van der Waals surface area contributed by atoms with Crippen LogP contribution in [0.15, 0.2) is 6.20 Å². The molecule has 0 atom stereocenters. The smallest absolute Gasteiger partial charge is 0.388 e. The van der Waals surface area contributed by atoms with Gasteiger partial charge in [-0.1, -0.05) is 13.8 Å². The summed E-state index contributed by atoms with van der Waals surface area (Å²) in [6, 6.07) is 0. The minimum Gasteiger partial charge on any atom is -0.388 e. The molecule has 0 aliphatic carbocycles. The molecule has 0 amide bonds. The Morgan fingerprint density at radius 2 is 2.00 bits per heavy atom. The van der Waals surface area contributed by atoms with Crippen LogP contribution < -0.4 is 4.74 Å². The van der Waals surface area contributed by atoms with Gasteiger partial charge in [-0.3, -0.25) is 0 Å². The maximum absolute atomic E-state index is 12.0. The van der Waals surface area contributed by atoms with Crippen molar-refractivity contribution >= 4 is 0 Å². The van der Waals surface area contributed by atoms with E-state index in [0.717, 1.165) is 4.68 Å². The summed E-state index contributed by atoms with van der Waals surface area (Å²) in [5.74, 6) is -0.298. The van der Waals surface area contributed by atoms with E-state index in [1.54, 1.807) is 13.8 Å². The Labute approximate surface area is 79.5 Å². The van der Waals surface area contributed by atoms with E-state index in [9.17, 15) is 13.2 Å². The largest absolute Gasteiger partial charge is 0.574 e. The number of hydrogen-bond acceptors (Lipinski definition) is 2. The average molecular weight is 208 g/mol. The summed E-state index contributed by atoms with van der Waals surface area (Å²) in [6.07, 6.45) is -3.29. The van der Waals surface area contributed by atoms with Crippen molar-refractivity contribution in [2.75, 3.05) is 0 Å². The lowest BCUT2D eigenvalue weighted by molar-refractivity contribution is -0.277. The van der Waals surface area contributed by atoms with E-state index in [-0.39, 0.29) is 11.8 Å². The zero-order valence-electron chi connectivity index (χ0n) is 8.09. The van der Waals surface area contributed by atoms with Gasteiger partial charge in [-0.05, 0) is 5.92 Å². The number of rotatable bonds is 2. The van der Waals surface area contributed by atoms with Gasteiger partial charge < -0.3 is 4.74 Å². The number of alkyl halides is 3. The fourth-order valence-electron chi connectivity index (χ4n) is 1.07. The molecule has 1 aromatic rings. The van der Waals surface area contributed by atoms with Crippen LogP contribution in [0.1, 0.15) is 25.3 Å². The van der Waals surface area contributed by atoms with Gasteiger partial charge in [0, 0.05) is 12.6 Å². The highest BCUT2D eigenvalue weighted by atomic mass is 19.4. The predicted octanol–water partition coefficient (Wildman–Crippen LogP) is 2.44. The molecule has 80 valence electrons. The van der Waals surface area contributed by atoms with Crippen LogP contribution in [0.4, 0.5) is 13.2 Å². The lowest BCUT2D eigenvalue weighted by Gasteiger charge is -2.12. The summed E-state index contributed by atoms with van der Waals surface area (Å²) in [5, 5.41) is 3.71. The first-order chi connectivity index (χ1) is 6.31. The van der Waals surface area contributed by atoms with Gasteiger partial charge in [0.1, 0.15) is 0 Å². The van der Waals surface area contributed by atoms with Gasteiger partial charge >= 0.3 is 6.36 Å². The normalized spacial score (nSPS) is 12.2. The number of ether oxygens (including phenoxy) is 1. The average Bonchev–Trinajstić information content (AvgIpc) is 2.29. The second-order valence-corrected chi connectivity index (χ2v) is 3.23. The molecule has 0 aliphatic heterocycles. The molecule has 1 heterocycles.